The van der Waals surface area contributed by atoms with Gasteiger partial charge in [-0.05, 0) is 35.7 Å². The zero-order valence-corrected chi connectivity index (χ0v) is 17.7. The zero-order valence-electron chi connectivity index (χ0n) is 14.9. The van der Waals surface area contributed by atoms with Crippen LogP contribution in [0.25, 0.3) is 21.5 Å². The van der Waals surface area contributed by atoms with E-state index >= 15 is 0 Å². The van der Waals surface area contributed by atoms with Gasteiger partial charge in [0.2, 0.25) is 0 Å². The average molecular weight is 400 g/mol. The number of fused-ring (bicyclic) bond motifs is 2. The Morgan fingerprint density at radius 3 is 2.18 bits per heavy atom. The summed E-state index contributed by atoms with van der Waals surface area (Å²) < 4.78 is 33.7. The summed E-state index contributed by atoms with van der Waals surface area (Å²) in [6, 6.07) is 20.3. The smallest absolute Gasteiger partial charge is 0.744 e. The molecule has 0 atom stereocenters. The number of nitrogens with zero attached hydrogens (tertiary/aromatic N) is 2. The predicted molar refractivity (Wildman–Crippen MR) is 102 cm³/mol. The van der Waals surface area contributed by atoms with Gasteiger partial charge in [-0.15, -0.1) is 10.2 Å². The zero-order chi connectivity index (χ0) is 19.0. The van der Waals surface area contributed by atoms with Crippen molar-refractivity contribution >= 4 is 43.0 Å². The minimum absolute atomic E-state index is 0. The molecule has 4 aromatic carbocycles. The van der Waals surface area contributed by atoms with Gasteiger partial charge in [0, 0.05) is 16.2 Å². The first-order chi connectivity index (χ1) is 12.9. The van der Waals surface area contributed by atoms with Crippen molar-refractivity contribution in [3.05, 3.63) is 72.8 Å². The molecule has 0 saturated carbocycles. The topological polar surface area (TPSA) is 102 Å². The van der Waals surface area contributed by atoms with Crippen LogP contribution in [0.2, 0.25) is 0 Å². The van der Waals surface area contributed by atoms with Crippen LogP contribution in [-0.2, 0) is 10.1 Å². The first-order valence-electron chi connectivity index (χ1n) is 8.05. The van der Waals surface area contributed by atoms with Gasteiger partial charge in [0.15, 0.2) is 0 Å². The van der Waals surface area contributed by atoms with Crippen molar-refractivity contribution in [3.8, 4) is 5.75 Å². The van der Waals surface area contributed by atoms with Crippen molar-refractivity contribution in [1.29, 1.82) is 0 Å². The van der Waals surface area contributed by atoms with Crippen LogP contribution < -0.4 is 29.6 Å². The Labute approximate surface area is 183 Å². The molecule has 0 aliphatic heterocycles. The Balaban J connectivity index is 0.00000225. The van der Waals surface area contributed by atoms with E-state index in [0.717, 1.165) is 16.8 Å². The summed E-state index contributed by atoms with van der Waals surface area (Å²) in [5, 5.41) is 21.3. The number of rotatable bonds is 3. The van der Waals surface area contributed by atoms with Crippen molar-refractivity contribution in [1.82, 2.24) is 0 Å². The second kappa shape index (κ2) is 7.98. The van der Waals surface area contributed by atoms with Crippen LogP contribution in [-0.4, -0.2) is 18.1 Å². The summed E-state index contributed by atoms with van der Waals surface area (Å²) in [6.45, 7) is 0. The van der Waals surface area contributed by atoms with Gasteiger partial charge in [0.25, 0.3) is 0 Å². The van der Waals surface area contributed by atoms with Crippen LogP contribution in [0.1, 0.15) is 0 Å². The fourth-order valence-corrected chi connectivity index (χ4v) is 3.44. The minimum atomic E-state index is -4.62. The Morgan fingerprint density at radius 1 is 0.750 bits per heavy atom. The van der Waals surface area contributed by atoms with Crippen LogP contribution >= 0.6 is 0 Å². The SMILES string of the molecule is O=S(=O)([O-])c1ccc2c(N=Nc3cccc4ccccc34)ccc(O)c2c1.[Na+]. The first kappa shape index (κ1) is 20.4. The summed E-state index contributed by atoms with van der Waals surface area (Å²) in [7, 11) is -4.62. The minimum Gasteiger partial charge on any atom is -0.744 e. The largest absolute Gasteiger partial charge is 1.00 e. The number of hydrogen-bond acceptors (Lipinski definition) is 6. The average Bonchev–Trinajstić information content (AvgIpc) is 2.66. The van der Waals surface area contributed by atoms with Gasteiger partial charge < -0.3 is 9.66 Å². The second-order valence-electron chi connectivity index (χ2n) is 5.96. The molecule has 28 heavy (non-hydrogen) atoms. The van der Waals surface area contributed by atoms with E-state index in [1.165, 1.54) is 18.2 Å². The van der Waals surface area contributed by atoms with Crippen LogP contribution in [0, 0.1) is 0 Å². The Morgan fingerprint density at radius 2 is 1.43 bits per heavy atom. The molecule has 0 unspecified atom stereocenters. The van der Waals surface area contributed by atoms with Crippen molar-refractivity contribution in [2.24, 2.45) is 10.2 Å². The van der Waals surface area contributed by atoms with Crippen molar-refractivity contribution in [2.45, 2.75) is 4.90 Å². The van der Waals surface area contributed by atoms with Gasteiger partial charge in [-0.25, -0.2) is 8.42 Å². The van der Waals surface area contributed by atoms with E-state index in [-0.39, 0.29) is 40.7 Å². The van der Waals surface area contributed by atoms with Gasteiger partial charge >= 0.3 is 29.6 Å². The van der Waals surface area contributed by atoms with E-state index in [4.69, 9.17) is 0 Å². The van der Waals surface area contributed by atoms with Gasteiger partial charge in [0.05, 0.1) is 16.3 Å². The molecule has 0 spiro atoms. The molecule has 0 bridgehead atoms. The fraction of sp³-hybridized carbons (Fsp3) is 0. The van der Waals surface area contributed by atoms with Crippen LogP contribution in [0.4, 0.5) is 11.4 Å². The van der Waals surface area contributed by atoms with Crippen LogP contribution in [0.3, 0.4) is 0 Å². The summed E-state index contributed by atoms with van der Waals surface area (Å²) >= 11 is 0. The molecular weight excluding hydrogens is 387 g/mol. The number of azo groups is 1. The van der Waals surface area contributed by atoms with Crippen LogP contribution in [0.15, 0.2) is 87.9 Å². The van der Waals surface area contributed by atoms with E-state index in [2.05, 4.69) is 10.2 Å². The first-order valence-corrected chi connectivity index (χ1v) is 9.45. The summed E-state index contributed by atoms with van der Waals surface area (Å²) in [6.07, 6.45) is 0. The quantitative estimate of drug-likeness (QED) is 0.323. The summed E-state index contributed by atoms with van der Waals surface area (Å²) in [4.78, 5) is -0.409. The van der Waals surface area contributed by atoms with Crippen molar-refractivity contribution in [2.75, 3.05) is 0 Å². The summed E-state index contributed by atoms with van der Waals surface area (Å²) in [5.41, 5.74) is 1.14. The van der Waals surface area contributed by atoms with Crippen molar-refractivity contribution in [3.63, 3.8) is 0 Å². The molecule has 4 aromatic rings. The number of hydrogen-bond donors (Lipinski definition) is 1. The number of phenolic OH excluding ortho intramolecular Hbond substituents is 1. The molecule has 0 amide bonds. The fourth-order valence-electron chi connectivity index (χ4n) is 2.94. The standard InChI is InChI=1S/C20H14N2O4S.Na/c23-20-11-10-19(16-9-8-14(12-17(16)20)27(24,25)26)22-21-18-7-3-5-13-4-1-2-6-15(13)18;/h1-12,23H,(H,24,25,26);/q;+1/p-1. The van der Waals surface area contributed by atoms with Crippen LogP contribution in [0.5, 0.6) is 5.75 Å². The Kier molecular flexibility index (Phi) is 5.83. The van der Waals surface area contributed by atoms with Gasteiger partial charge in [-0.3, -0.25) is 0 Å². The molecule has 0 radical (unpaired) electrons. The van der Waals surface area contributed by atoms with E-state index < -0.39 is 15.0 Å². The molecule has 0 fully saturated rings. The maximum atomic E-state index is 11.2. The molecule has 0 aromatic heterocycles. The van der Waals surface area contributed by atoms with Gasteiger partial charge in [-0.2, -0.15) is 0 Å². The monoisotopic (exact) mass is 400 g/mol. The maximum absolute atomic E-state index is 11.2. The van der Waals surface area contributed by atoms with Gasteiger partial charge in [-0.1, -0.05) is 42.5 Å². The Bertz CT molecular complexity index is 1320. The molecule has 1 N–H and O–H groups in total. The molecular formula is C20H13N2NaO4S. The van der Waals surface area contributed by atoms with Crippen molar-refractivity contribution < 1.29 is 47.6 Å². The second-order valence-corrected chi connectivity index (χ2v) is 7.34. The maximum Gasteiger partial charge on any atom is 1.00 e. The number of phenols is 1. The van der Waals surface area contributed by atoms with Gasteiger partial charge in [0.1, 0.15) is 15.9 Å². The molecule has 0 aliphatic carbocycles. The molecule has 0 aliphatic rings. The molecule has 0 saturated heterocycles. The molecule has 134 valence electrons. The normalized spacial score (nSPS) is 11.8. The molecule has 6 nitrogen and oxygen atoms in total. The van der Waals surface area contributed by atoms with E-state index in [0.29, 0.717) is 16.8 Å². The number of aromatic hydroxyl groups is 1. The van der Waals surface area contributed by atoms with E-state index in [1.54, 1.807) is 6.07 Å². The van der Waals surface area contributed by atoms with E-state index in [9.17, 15) is 18.1 Å². The third-order valence-corrected chi connectivity index (χ3v) is 5.09. The Hall–Kier alpha value is -2.29. The van der Waals surface area contributed by atoms with E-state index in [1.807, 2.05) is 42.5 Å². The predicted octanol–water partition coefficient (Wildman–Crippen LogP) is 2.02. The third-order valence-electron chi connectivity index (χ3n) is 4.26. The third kappa shape index (κ3) is 3.94. The molecule has 8 heteroatoms. The number of benzene rings is 4. The summed E-state index contributed by atoms with van der Waals surface area (Å²) in [5.74, 6) is -0.139. The molecule has 0 heterocycles. The molecule has 4 rings (SSSR count).